The van der Waals surface area contributed by atoms with E-state index in [0.717, 1.165) is 19.4 Å². The molecule has 1 aliphatic heterocycles. The van der Waals surface area contributed by atoms with Crippen molar-refractivity contribution < 1.29 is 9.53 Å². The van der Waals surface area contributed by atoms with Gasteiger partial charge in [-0.25, -0.2) is 4.98 Å². The molecule has 0 saturated carbocycles. The molecule has 1 aromatic rings. The molecule has 0 radical (unpaired) electrons. The molecule has 0 bridgehead atoms. The van der Waals surface area contributed by atoms with Crippen LogP contribution < -0.4 is 16.6 Å². The van der Waals surface area contributed by atoms with Gasteiger partial charge < -0.3 is 15.5 Å². The van der Waals surface area contributed by atoms with E-state index in [0.29, 0.717) is 18.0 Å². The van der Waals surface area contributed by atoms with Crippen LogP contribution in [0.3, 0.4) is 0 Å². The Kier molecular flexibility index (Phi) is 3.89. The van der Waals surface area contributed by atoms with Crippen molar-refractivity contribution in [2.24, 2.45) is 5.84 Å². The van der Waals surface area contributed by atoms with Gasteiger partial charge in [-0.05, 0) is 25.0 Å². The van der Waals surface area contributed by atoms with Gasteiger partial charge in [-0.3, -0.25) is 10.6 Å². The fraction of sp³-hybridized carbons (Fsp3) is 0.455. The highest BCUT2D eigenvalue weighted by Gasteiger charge is 2.17. The first kappa shape index (κ1) is 11.8. The van der Waals surface area contributed by atoms with Crippen molar-refractivity contribution in [1.29, 1.82) is 0 Å². The van der Waals surface area contributed by atoms with Crippen molar-refractivity contribution >= 4 is 11.6 Å². The fourth-order valence-electron chi connectivity index (χ4n) is 1.73. The first-order chi connectivity index (χ1) is 8.29. The van der Waals surface area contributed by atoms with Gasteiger partial charge in [0.1, 0.15) is 5.69 Å². The van der Waals surface area contributed by atoms with Gasteiger partial charge in [0.25, 0.3) is 5.91 Å². The molecule has 0 aliphatic carbocycles. The predicted molar refractivity (Wildman–Crippen MR) is 63.4 cm³/mol. The van der Waals surface area contributed by atoms with Crippen molar-refractivity contribution in [3.05, 3.63) is 24.0 Å². The number of nitrogens with two attached hydrogens (primary N) is 1. The summed E-state index contributed by atoms with van der Waals surface area (Å²) in [5.74, 6) is 5.04. The molecule has 2 rings (SSSR count). The lowest BCUT2D eigenvalue weighted by Crippen LogP contribution is -2.40. The van der Waals surface area contributed by atoms with Crippen molar-refractivity contribution in [1.82, 2.24) is 10.3 Å². The number of anilines is 1. The summed E-state index contributed by atoms with van der Waals surface area (Å²) in [4.78, 5) is 15.9. The molecule has 1 atom stereocenters. The predicted octanol–water partition coefficient (Wildman–Crippen LogP) is 0.276. The summed E-state index contributed by atoms with van der Waals surface area (Å²) < 4.78 is 5.29. The van der Waals surface area contributed by atoms with Crippen LogP contribution in [0.25, 0.3) is 0 Å². The maximum Gasteiger partial charge on any atom is 0.270 e. The van der Waals surface area contributed by atoms with E-state index in [4.69, 9.17) is 10.6 Å². The molecule has 17 heavy (non-hydrogen) atoms. The number of nitrogens with one attached hydrogen (secondary N) is 2. The average molecular weight is 236 g/mol. The number of carbonyl (C=O) groups excluding carboxylic acids is 1. The van der Waals surface area contributed by atoms with E-state index < -0.39 is 0 Å². The number of ether oxygens (including phenoxy) is 1. The highest BCUT2D eigenvalue weighted by atomic mass is 16.5. The van der Waals surface area contributed by atoms with Crippen LogP contribution in [-0.4, -0.2) is 30.1 Å². The zero-order chi connectivity index (χ0) is 12.1. The normalized spacial score (nSPS) is 19.7. The Balaban J connectivity index is 1.93. The summed E-state index contributed by atoms with van der Waals surface area (Å²) in [5, 5.41) is 2.89. The summed E-state index contributed by atoms with van der Waals surface area (Å²) in [5.41, 5.74) is 3.51. The summed E-state index contributed by atoms with van der Waals surface area (Å²) in [6.07, 6.45) is 3.45. The zero-order valence-corrected chi connectivity index (χ0v) is 9.48. The van der Waals surface area contributed by atoms with Crippen molar-refractivity contribution in [3.63, 3.8) is 0 Å². The molecule has 1 fully saturated rings. The van der Waals surface area contributed by atoms with Crippen LogP contribution >= 0.6 is 0 Å². The van der Waals surface area contributed by atoms with Crippen molar-refractivity contribution in [3.8, 4) is 0 Å². The molecular weight excluding hydrogens is 220 g/mol. The minimum Gasteiger partial charge on any atom is -0.379 e. The zero-order valence-electron chi connectivity index (χ0n) is 9.48. The van der Waals surface area contributed by atoms with Gasteiger partial charge in [0.2, 0.25) is 0 Å². The molecule has 4 N–H and O–H groups in total. The van der Waals surface area contributed by atoms with E-state index in [2.05, 4.69) is 15.7 Å². The SMILES string of the molecule is NNc1ccc(C(=O)NC2CCCOC2)nc1. The second-order valence-electron chi connectivity index (χ2n) is 3.96. The smallest absolute Gasteiger partial charge is 0.270 e. The first-order valence-electron chi connectivity index (χ1n) is 5.61. The highest BCUT2D eigenvalue weighted by molar-refractivity contribution is 5.92. The first-order valence-corrected chi connectivity index (χ1v) is 5.61. The Labute approximate surface area is 99.5 Å². The van der Waals surface area contributed by atoms with Crippen molar-refractivity contribution in [2.45, 2.75) is 18.9 Å². The van der Waals surface area contributed by atoms with Gasteiger partial charge in [0, 0.05) is 6.61 Å². The second kappa shape index (κ2) is 5.60. The van der Waals surface area contributed by atoms with Gasteiger partial charge in [-0.15, -0.1) is 0 Å². The van der Waals surface area contributed by atoms with Crippen LogP contribution in [0.1, 0.15) is 23.3 Å². The molecule has 6 nitrogen and oxygen atoms in total. The molecule has 2 heterocycles. The van der Waals surface area contributed by atoms with E-state index in [-0.39, 0.29) is 11.9 Å². The number of hydrogen-bond donors (Lipinski definition) is 3. The molecule has 1 amide bonds. The Hall–Kier alpha value is -1.66. The quantitative estimate of drug-likeness (QED) is 0.518. The molecule has 0 spiro atoms. The topological polar surface area (TPSA) is 89.3 Å². The lowest BCUT2D eigenvalue weighted by molar-refractivity contribution is 0.0622. The minimum absolute atomic E-state index is 0.0883. The molecule has 92 valence electrons. The van der Waals surface area contributed by atoms with Crippen molar-refractivity contribution in [2.75, 3.05) is 18.6 Å². The second-order valence-corrected chi connectivity index (χ2v) is 3.96. The fourth-order valence-corrected chi connectivity index (χ4v) is 1.73. The van der Waals surface area contributed by atoms with E-state index >= 15 is 0 Å². The third-order valence-electron chi connectivity index (χ3n) is 2.66. The number of pyridine rings is 1. The lowest BCUT2D eigenvalue weighted by Gasteiger charge is -2.22. The minimum atomic E-state index is -0.177. The van der Waals surface area contributed by atoms with Crippen LogP contribution in [0, 0.1) is 0 Å². The average Bonchev–Trinajstić information content (AvgIpc) is 2.40. The van der Waals surface area contributed by atoms with E-state index in [1.54, 1.807) is 12.1 Å². The summed E-state index contributed by atoms with van der Waals surface area (Å²) in [6.45, 7) is 1.36. The Morgan fingerprint density at radius 1 is 1.53 bits per heavy atom. The Morgan fingerprint density at radius 3 is 3.00 bits per heavy atom. The third-order valence-corrected chi connectivity index (χ3v) is 2.66. The number of nitrogen functional groups attached to an aromatic ring is 1. The summed E-state index contributed by atoms with van der Waals surface area (Å²) in [7, 11) is 0. The van der Waals surface area contributed by atoms with E-state index in [1.165, 1.54) is 6.20 Å². The molecular formula is C11H16N4O2. The number of carbonyl (C=O) groups is 1. The Bertz CT molecular complexity index is 374. The molecule has 6 heteroatoms. The maximum absolute atomic E-state index is 11.8. The number of nitrogens with zero attached hydrogens (tertiary/aromatic N) is 1. The number of rotatable bonds is 3. The monoisotopic (exact) mass is 236 g/mol. The highest BCUT2D eigenvalue weighted by Crippen LogP contribution is 2.08. The molecule has 1 aromatic heterocycles. The number of hydrazine groups is 1. The van der Waals surface area contributed by atoms with Crippen LogP contribution in [0.5, 0.6) is 0 Å². The molecule has 0 aromatic carbocycles. The van der Waals surface area contributed by atoms with Gasteiger partial charge in [0.15, 0.2) is 0 Å². The van der Waals surface area contributed by atoms with E-state index in [9.17, 15) is 4.79 Å². The van der Waals surface area contributed by atoms with Gasteiger partial charge >= 0.3 is 0 Å². The summed E-state index contributed by atoms with van der Waals surface area (Å²) >= 11 is 0. The van der Waals surface area contributed by atoms with Gasteiger partial charge in [-0.2, -0.15) is 0 Å². The number of hydrogen-bond acceptors (Lipinski definition) is 5. The third kappa shape index (κ3) is 3.15. The largest absolute Gasteiger partial charge is 0.379 e. The van der Waals surface area contributed by atoms with Gasteiger partial charge in [-0.1, -0.05) is 0 Å². The van der Waals surface area contributed by atoms with E-state index in [1.807, 2.05) is 0 Å². The maximum atomic E-state index is 11.8. The van der Waals surface area contributed by atoms with Crippen LogP contribution in [0.4, 0.5) is 5.69 Å². The summed E-state index contributed by atoms with van der Waals surface area (Å²) in [6, 6.07) is 3.43. The standard InChI is InChI=1S/C11H16N4O2/c12-15-8-3-4-10(13-6-8)11(16)14-9-2-1-5-17-7-9/h3-4,6,9,15H,1-2,5,7,12H2,(H,14,16). The molecule has 1 unspecified atom stereocenters. The molecule has 1 saturated heterocycles. The number of aromatic nitrogens is 1. The number of amides is 1. The van der Waals surface area contributed by atoms with Crippen LogP contribution in [0.2, 0.25) is 0 Å². The lowest BCUT2D eigenvalue weighted by atomic mass is 10.1. The van der Waals surface area contributed by atoms with Gasteiger partial charge in [0.05, 0.1) is 24.5 Å². The van der Waals surface area contributed by atoms with Crippen LogP contribution in [-0.2, 0) is 4.74 Å². The van der Waals surface area contributed by atoms with Crippen LogP contribution in [0.15, 0.2) is 18.3 Å². The Morgan fingerprint density at radius 2 is 2.41 bits per heavy atom. The molecule has 1 aliphatic rings.